The van der Waals surface area contributed by atoms with Crippen LogP contribution in [0.4, 0.5) is 5.69 Å². The van der Waals surface area contributed by atoms with Crippen molar-refractivity contribution in [2.24, 2.45) is 11.8 Å². The molecule has 0 bridgehead atoms. The third-order valence-electron chi connectivity index (χ3n) is 4.05. The average molecular weight is 346 g/mol. The van der Waals surface area contributed by atoms with E-state index in [1.807, 2.05) is 0 Å². The molecule has 0 aliphatic heterocycles. The zero-order valence-electron chi connectivity index (χ0n) is 12.2. The molecule has 0 spiro atoms. The van der Waals surface area contributed by atoms with Crippen LogP contribution in [0, 0.1) is 11.8 Å². The molecule has 0 radical (unpaired) electrons. The van der Waals surface area contributed by atoms with Gasteiger partial charge in [-0.1, -0.05) is 61.9 Å². The highest BCUT2D eigenvalue weighted by atomic mass is 35.5. The number of hydrogen-bond donors (Lipinski definition) is 1. The number of amides is 1. The summed E-state index contributed by atoms with van der Waals surface area (Å²) in [6.45, 7) is 2.30. The number of benzene rings is 1. The molecule has 1 aliphatic carbocycles. The smallest absolute Gasteiger partial charge is 0.234 e. The summed E-state index contributed by atoms with van der Waals surface area (Å²) in [7, 11) is 0. The first-order valence-electron chi connectivity index (χ1n) is 7.39. The van der Waals surface area contributed by atoms with Gasteiger partial charge in [-0.3, -0.25) is 4.79 Å². The van der Waals surface area contributed by atoms with Crippen LogP contribution in [0.1, 0.15) is 32.6 Å². The highest BCUT2D eigenvalue weighted by molar-refractivity contribution is 7.99. The van der Waals surface area contributed by atoms with Crippen molar-refractivity contribution in [1.29, 1.82) is 0 Å². The molecule has 0 saturated heterocycles. The van der Waals surface area contributed by atoms with Gasteiger partial charge in [0.1, 0.15) is 0 Å². The van der Waals surface area contributed by atoms with Crippen LogP contribution in [-0.2, 0) is 4.79 Å². The van der Waals surface area contributed by atoms with Crippen LogP contribution >= 0.6 is 35.0 Å². The number of halogens is 2. The van der Waals surface area contributed by atoms with E-state index in [9.17, 15) is 4.79 Å². The lowest BCUT2D eigenvalue weighted by molar-refractivity contribution is -0.113. The van der Waals surface area contributed by atoms with Gasteiger partial charge in [-0.15, -0.1) is 0 Å². The van der Waals surface area contributed by atoms with Crippen molar-refractivity contribution in [3.63, 3.8) is 0 Å². The summed E-state index contributed by atoms with van der Waals surface area (Å²) in [5.74, 6) is 2.97. The van der Waals surface area contributed by atoms with E-state index in [1.165, 1.54) is 25.7 Å². The largest absolute Gasteiger partial charge is 0.323 e. The van der Waals surface area contributed by atoms with E-state index < -0.39 is 0 Å². The third-order valence-corrected chi connectivity index (χ3v) is 5.90. The zero-order valence-corrected chi connectivity index (χ0v) is 14.5. The first-order chi connectivity index (χ1) is 10.1. The molecule has 0 aromatic heterocycles. The number of carbonyl (C=O) groups is 1. The lowest BCUT2D eigenvalue weighted by Crippen LogP contribution is -2.17. The molecule has 1 N–H and O–H groups in total. The number of anilines is 1. The average Bonchev–Trinajstić information content (AvgIpc) is 2.97. The van der Waals surface area contributed by atoms with Gasteiger partial charge in [-0.2, -0.15) is 11.8 Å². The Bertz CT molecular complexity index is 469. The number of carbonyl (C=O) groups excluding carboxylic acids is 1. The van der Waals surface area contributed by atoms with Crippen molar-refractivity contribution in [2.45, 2.75) is 32.6 Å². The molecule has 1 saturated carbocycles. The second-order valence-electron chi connectivity index (χ2n) is 5.68. The van der Waals surface area contributed by atoms with Crippen LogP contribution in [-0.4, -0.2) is 17.4 Å². The summed E-state index contributed by atoms with van der Waals surface area (Å²) in [6.07, 6.45) is 5.43. The minimum atomic E-state index is -0.0476. The van der Waals surface area contributed by atoms with E-state index in [2.05, 4.69) is 12.2 Å². The normalized spacial score (nSPS) is 16.9. The van der Waals surface area contributed by atoms with Crippen molar-refractivity contribution in [3.05, 3.63) is 28.2 Å². The van der Waals surface area contributed by atoms with Gasteiger partial charge in [0.15, 0.2) is 0 Å². The second-order valence-corrected chi connectivity index (χ2v) is 7.53. The lowest BCUT2D eigenvalue weighted by atomic mass is 9.94. The first kappa shape index (κ1) is 17.0. The molecule has 1 aliphatic rings. The van der Waals surface area contributed by atoms with E-state index >= 15 is 0 Å². The Kier molecular flexibility index (Phi) is 6.72. The Labute approximate surface area is 141 Å². The summed E-state index contributed by atoms with van der Waals surface area (Å²) in [6, 6.07) is 5.20. The van der Waals surface area contributed by atoms with Gasteiger partial charge in [0.05, 0.1) is 21.5 Å². The molecule has 1 unspecified atom stereocenters. The fourth-order valence-corrected chi connectivity index (χ4v) is 4.30. The topological polar surface area (TPSA) is 29.1 Å². The second kappa shape index (κ2) is 8.30. The van der Waals surface area contributed by atoms with E-state index in [-0.39, 0.29) is 5.91 Å². The lowest BCUT2D eigenvalue weighted by Gasteiger charge is -2.18. The van der Waals surface area contributed by atoms with Crippen molar-refractivity contribution in [1.82, 2.24) is 0 Å². The molecule has 1 aromatic rings. The number of para-hydroxylation sites is 1. The molecule has 0 heterocycles. The fraction of sp³-hybridized carbons (Fsp3) is 0.562. The molecule has 1 amide bonds. The molecule has 2 nitrogen and oxygen atoms in total. The van der Waals surface area contributed by atoms with Crippen molar-refractivity contribution >= 4 is 46.6 Å². The van der Waals surface area contributed by atoms with Gasteiger partial charge in [0.2, 0.25) is 5.91 Å². The van der Waals surface area contributed by atoms with Crippen molar-refractivity contribution in [2.75, 3.05) is 16.8 Å². The number of nitrogens with one attached hydrogen (secondary N) is 1. The highest BCUT2D eigenvalue weighted by Crippen LogP contribution is 2.33. The summed E-state index contributed by atoms with van der Waals surface area (Å²) in [5.41, 5.74) is 0.510. The number of rotatable bonds is 6. The Morgan fingerprint density at radius 1 is 1.33 bits per heavy atom. The van der Waals surface area contributed by atoms with Gasteiger partial charge in [0, 0.05) is 0 Å². The maximum atomic E-state index is 12.0. The van der Waals surface area contributed by atoms with E-state index in [0.29, 0.717) is 27.4 Å². The standard InChI is InChI=1S/C16H21Cl2NOS/c1-11(12-5-2-3-6-12)9-21-10-15(20)19-16-13(17)7-4-8-14(16)18/h4,7-8,11-12H,2-3,5-6,9-10H2,1H3,(H,19,20). The number of hydrogen-bond acceptors (Lipinski definition) is 2. The van der Waals surface area contributed by atoms with Gasteiger partial charge >= 0.3 is 0 Å². The van der Waals surface area contributed by atoms with Crippen LogP contribution < -0.4 is 5.32 Å². The van der Waals surface area contributed by atoms with E-state index in [0.717, 1.165) is 11.7 Å². The van der Waals surface area contributed by atoms with Crippen LogP contribution in [0.2, 0.25) is 10.0 Å². The Hall–Kier alpha value is -0.380. The SMILES string of the molecule is CC(CSCC(=O)Nc1c(Cl)cccc1Cl)C1CCCC1. The van der Waals surface area contributed by atoms with Crippen LogP contribution in [0.25, 0.3) is 0 Å². The Morgan fingerprint density at radius 2 is 1.95 bits per heavy atom. The summed E-state index contributed by atoms with van der Waals surface area (Å²) < 4.78 is 0. The summed E-state index contributed by atoms with van der Waals surface area (Å²) in [5, 5.41) is 3.74. The van der Waals surface area contributed by atoms with Gasteiger partial charge in [-0.05, 0) is 29.7 Å². The summed E-state index contributed by atoms with van der Waals surface area (Å²) in [4.78, 5) is 12.0. The molecule has 116 valence electrons. The molecule has 2 rings (SSSR count). The Balaban J connectivity index is 1.74. The van der Waals surface area contributed by atoms with Crippen LogP contribution in [0.15, 0.2) is 18.2 Å². The van der Waals surface area contributed by atoms with Gasteiger partial charge in [0.25, 0.3) is 0 Å². The predicted octanol–water partition coefficient (Wildman–Crippen LogP) is 5.49. The van der Waals surface area contributed by atoms with Crippen molar-refractivity contribution in [3.8, 4) is 0 Å². The molecule has 1 atom stereocenters. The van der Waals surface area contributed by atoms with Crippen LogP contribution in [0.5, 0.6) is 0 Å². The molecular formula is C16H21Cl2NOS. The minimum absolute atomic E-state index is 0.0476. The van der Waals surface area contributed by atoms with E-state index in [4.69, 9.17) is 23.2 Å². The molecule has 21 heavy (non-hydrogen) atoms. The molecule has 5 heteroatoms. The highest BCUT2D eigenvalue weighted by Gasteiger charge is 2.21. The summed E-state index contributed by atoms with van der Waals surface area (Å²) >= 11 is 13.8. The van der Waals surface area contributed by atoms with Gasteiger partial charge in [-0.25, -0.2) is 0 Å². The maximum Gasteiger partial charge on any atom is 0.234 e. The molecular weight excluding hydrogens is 325 g/mol. The monoisotopic (exact) mass is 345 g/mol. The minimum Gasteiger partial charge on any atom is -0.323 e. The third kappa shape index (κ3) is 5.08. The molecule has 1 aromatic carbocycles. The maximum absolute atomic E-state index is 12.0. The Morgan fingerprint density at radius 3 is 2.57 bits per heavy atom. The van der Waals surface area contributed by atoms with Crippen molar-refractivity contribution < 1.29 is 4.79 Å². The molecule has 1 fully saturated rings. The van der Waals surface area contributed by atoms with E-state index in [1.54, 1.807) is 30.0 Å². The fourth-order valence-electron chi connectivity index (χ4n) is 2.79. The number of thioether (sulfide) groups is 1. The first-order valence-corrected chi connectivity index (χ1v) is 9.30. The van der Waals surface area contributed by atoms with Crippen LogP contribution in [0.3, 0.4) is 0 Å². The zero-order chi connectivity index (χ0) is 15.2. The quantitative estimate of drug-likeness (QED) is 0.738. The predicted molar refractivity (Wildman–Crippen MR) is 93.5 cm³/mol. The van der Waals surface area contributed by atoms with Gasteiger partial charge < -0.3 is 5.32 Å².